The minimum Gasteiger partial charge on any atom is -0.440 e. The van der Waals surface area contributed by atoms with Crippen LogP contribution in [0.25, 0.3) is 11.3 Å². The second-order valence-electron chi connectivity index (χ2n) is 4.66. The molecule has 2 heterocycles. The van der Waals surface area contributed by atoms with Gasteiger partial charge in [-0.05, 0) is 24.3 Å². The molecule has 5 nitrogen and oxygen atoms in total. The maximum absolute atomic E-state index is 12.9. The Balaban J connectivity index is 1.69. The van der Waals surface area contributed by atoms with Crippen molar-refractivity contribution < 1.29 is 13.9 Å². The lowest BCUT2D eigenvalue weighted by molar-refractivity contribution is 0.271. The normalized spacial score (nSPS) is 11.0. The van der Waals surface area contributed by atoms with Crippen LogP contribution in [0.5, 0.6) is 0 Å². The topological polar surface area (TPSA) is 64.1 Å². The van der Waals surface area contributed by atoms with Crippen LogP contribution < -0.4 is 0 Å². The first-order chi connectivity index (χ1) is 10.7. The fourth-order valence-electron chi connectivity index (χ4n) is 1.96. The molecule has 7 heteroatoms. The average Bonchev–Trinajstić information content (AvgIpc) is 3.13. The Morgan fingerprint density at radius 3 is 2.68 bits per heavy atom. The van der Waals surface area contributed by atoms with E-state index in [9.17, 15) is 4.39 Å². The highest BCUT2D eigenvalue weighted by atomic mass is 32.2. The number of halogens is 1. The van der Waals surface area contributed by atoms with Crippen molar-refractivity contribution in [3.8, 4) is 11.3 Å². The van der Waals surface area contributed by atoms with Gasteiger partial charge < -0.3 is 14.1 Å². The smallest absolute Gasteiger partial charge is 0.205 e. The Morgan fingerprint density at radius 2 is 2.00 bits per heavy atom. The molecule has 1 aromatic carbocycles. The third-order valence-corrected chi connectivity index (χ3v) is 4.24. The van der Waals surface area contributed by atoms with Gasteiger partial charge in [-0.2, -0.15) is 0 Å². The lowest BCUT2D eigenvalue weighted by Gasteiger charge is -2.02. The van der Waals surface area contributed by atoms with E-state index in [1.165, 1.54) is 23.9 Å². The first-order valence-electron chi connectivity index (χ1n) is 6.62. The predicted molar refractivity (Wildman–Crippen MR) is 80.6 cm³/mol. The summed E-state index contributed by atoms with van der Waals surface area (Å²) in [6, 6.07) is 6.07. The van der Waals surface area contributed by atoms with Gasteiger partial charge in [-0.3, -0.25) is 0 Å². The van der Waals surface area contributed by atoms with Crippen LogP contribution in [-0.2, 0) is 19.4 Å². The van der Waals surface area contributed by atoms with E-state index < -0.39 is 0 Å². The van der Waals surface area contributed by atoms with Gasteiger partial charge in [0.25, 0.3) is 0 Å². The molecule has 3 rings (SSSR count). The Hall–Kier alpha value is -2.12. The molecule has 0 fully saturated rings. The molecule has 0 aliphatic heterocycles. The van der Waals surface area contributed by atoms with Gasteiger partial charge in [-0.15, -0.1) is 0 Å². The number of oxazole rings is 1. The van der Waals surface area contributed by atoms with E-state index in [1.54, 1.807) is 24.5 Å². The quantitative estimate of drug-likeness (QED) is 0.732. The van der Waals surface area contributed by atoms with E-state index in [0.717, 1.165) is 16.4 Å². The summed E-state index contributed by atoms with van der Waals surface area (Å²) in [5.41, 5.74) is 1.53. The van der Waals surface area contributed by atoms with Crippen molar-refractivity contribution in [2.45, 2.75) is 17.5 Å². The fourth-order valence-corrected chi connectivity index (χ4v) is 2.78. The minimum atomic E-state index is -0.284. The predicted octanol–water partition coefficient (Wildman–Crippen LogP) is 3.00. The van der Waals surface area contributed by atoms with Crippen LogP contribution in [0.2, 0.25) is 0 Å². The second kappa shape index (κ2) is 6.33. The van der Waals surface area contributed by atoms with Crippen molar-refractivity contribution in [2.24, 2.45) is 7.05 Å². The van der Waals surface area contributed by atoms with E-state index in [2.05, 4.69) is 9.97 Å². The lowest BCUT2D eigenvalue weighted by Crippen LogP contribution is -1.97. The zero-order chi connectivity index (χ0) is 15.5. The maximum atomic E-state index is 12.9. The first-order valence-corrected chi connectivity index (χ1v) is 7.61. The van der Waals surface area contributed by atoms with Gasteiger partial charge in [0.05, 0.1) is 30.4 Å². The summed E-state index contributed by atoms with van der Waals surface area (Å²) < 4.78 is 20.4. The van der Waals surface area contributed by atoms with Gasteiger partial charge in [-0.1, -0.05) is 11.8 Å². The molecule has 0 bridgehead atoms. The molecular weight excluding hydrogens is 305 g/mol. The summed E-state index contributed by atoms with van der Waals surface area (Å²) in [5, 5.41) is 9.92. The number of aliphatic hydroxyl groups is 1. The van der Waals surface area contributed by atoms with Gasteiger partial charge in [0.2, 0.25) is 5.89 Å². The average molecular weight is 319 g/mol. The summed E-state index contributed by atoms with van der Waals surface area (Å²) >= 11 is 1.47. The van der Waals surface area contributed by atoms with Gasteiger partial charge in [0.15, 0.2) is 10.9 Å². The summed E-state index contributed by atoms with van der Waals surface area (Å²) in [6.45, 7) is -0.0439. The molecule has 0 aliphatic carbocycles. The number of hydrogen-bond donors (Lipinski definition) is 1. The standard InChI is InChI=1S/C15H14FN3O2S/c1-19-12(8-20)6-18-15(19)22-9-14-17-7-13(21-14)10-2-4-11(16)5-3-10/h2-7,20H,8-9H2,1H3. The molecule has 0 unspecified atom stereocenters. The van der Waals surface area contributed by atoms with Gasteiger partial charge in [-0.25, -0.2) is 14.4 Å². The molecule has 0 aliphatic rings. The summed E-state index contributed by atoms with van der Waals surface area (Å²) in [6.07, 6.45) is 3.27. The van der Waals surface area contributed by atoms with Gasteiger partial charge in [0, 0.05) is 12.6 Å². The maximum Gasteiger partial charge on any atom is 0.205 e. The molecule has 0 spiro atoms. The van der Waals surface area contributed by atoms with Crippen LogP contribution in [0, 0.1) is 5.82 Å². The molecule has 0 radical (unpaired) electrons. The summed E-state index contributed by atoms with van der Waals surface area (Å²) in [7, 11) is 1.85. The van der Waals surface area contributed by atoms with E-state index in [0.29, 0.717) is 17.4 Å². The summed E-state index contributed by atoms with van der Waals surface area (Å²) in [5.74, 6) is 1.41. The minimum absolute atomic E-state index is 0.0439. The molecule has 0 saturated heterocycles. The number of hydrogen-bond acceptors (Lipinski definition) is 5. The van der Waals surface area contributed by atoms with Crippen LogP contribution >= 0.6 is 11.8 Å². The number of thioether (sulfide) groups is 1. The number of aromatic nitrogens is 3. The third kappa shape index (κ3) is 3.05. The van der Waals surface area contributed by atoms with E-state index in [4.69, 9.17) is 9.52 Å². The second-order valence-corrected chi connectivity index (χ2v) is 5.61. The molecule has 1 N–H and O–H groups in total. The first kappa shape index (κ1) is 14.8. The molecule has 0 saturated carbocycles. The SMILES string of the molecule is Cn1c(CO)cnc1SCc1ncc(-c2ccc(F)cc2)o1. The molecule has 0 atom stereocenters. The van der Waals surface area contributed by atoms with Crippen molar-refractivity contribution in [3.63, 3.8) is 0 Å². The van der Waals surface area contributed by atoms with E-state index in [-0.39, 0.29) is 12.4 Å². The van der Waals surface area contributed by atoms with Crippen molar-refractivity contribution >= 4 is 11.8 Å². The molecule has 2 aromatic heterocycles. The highest BCUT2D eigenvalue weighted by Gasteiger charge is 2.10. The Bertz CT molecular complexity index is 767. The van der Waals surface area contributed by atoms with Crippen LogP contribution in [0.3, 0.4) is 0 Å². The largest absolute Gasteiger partial charge is 0.440 e. The molecule has 22 heavy (non-hydrogen) atoms. The molecule has 114 valence electrons. The lowest BCUT2D eigenvalue weighted by atomic mass is 10.2. The van der Waals surface area contributed by atoms with Crippen molar-refractivity contribution in [3.05, 3.63) is 54.1 Å². The zero-order valence-corrected chi connectivity index (χ0v) is 12.7. The molecule has 3 aromatic rings. The molecular formula is C15H14FN3O2S. The van der Waals surface area contributed by atoms with Gasteiger partial charge in [0.1, 0.15) is 5.82 Å². The third-order valence-electron chi connectivity index (χ3n) is 3.21. The number of imidazole rings is 1. The zero-order valence-electron chi connectivity index (χ0n) is 11.9. The Labute approximate surface area is 130 Å². The number of nitrogens with zero attached hydrogens (tertiary/aromatic N) is 3. The van der Waals surface area contributed by atoms with Crippen LogP contribution in [0.4, 0.5) is 4.39 Å². The fraction of sp³-hybridized carbons (Fsp3) is 0.200. The monoisotopic (exact) mass is 319 g/mol. The van der Waals surface area contributed by atoms with Crippen molar-refractivity contribution in [1.82, 2.24) is 14.5 Å². The van der Waals surface area contributed by atoms with Gasteiger partial charge >= 0.3 is 0 Å². The molecule has 0 amide bonds. The Morgan fingerprint density at radius 1 is 1.23 bits per heavy atom. The van der Waals surface area contributed by atoms with Crippen LogP contribution in [0.1, 0.15) is 11.6 Å². The number of rotatable bonds is 5. The summed E-state index contributed by atoms with van der Waals surface area (Å²) in [4.78, 5) is 8.45. The van der Waals surface area contributed by atoms with Crippen molar-refractivity contribution in [1.29, 1.82) is 0 Å². The van der Waals surface area contributed by atoms with E-state index in [1.807, 2.05) is 11.6 Å². The highest BCUT2D eigenvalue weighted by Crippen LogP contribution is 2.25. The van der Waals surface area contributed by atoms with E-state index >= 15 is 0 Å². The van der Waals surface area contributed by atoms with Crippen LogP contribution in [0.15, 0.2) is 46.2 Å². The highest BCUT2D eigenvalue weighted by molar-refractivity contribution is 7.98. The van der Waals surface area contributed by atoms with Crippen LogP contribution in [-0.4, -0.2) is 19.6 Å². The number of aliphatic hydroxyl groups excluding tert-OH is 1. The Kier molecular flexibility index (Phi) is 4.26. The number of benzene rings is 1. The van der Waals surface area contributed by atoms with Crippen molar-refractivity contribution in [2.75, 3.05) is 0 Å².